The van der Waals surface area contributed by atoms with E-state index in [0.717, 1.165) is 11.6 Å². The van der Waals surface area contributed by atoms with Crippen molar-refractivity contribution in [1.82, 2.24) is 5.32 Å². The Balaban J connectivity index is 2.36. The Labute approximate surface area is 131 Å². The summed E-state index contributed by atoms with van der Waals surface area (Å²) in [6.45, 7) is 9.83. The first-order chi connectivity index (χ1) is 9.41. The molecule has 1 N–H and O–H groups in total. The molecule has 0 bridgehead atoms. The fraction of sp³-hybridized carbons (Fsp3) is 0.412. The van der Waals surface area contributed by atoms with Gasteiger partial charge in [-0.15, -0.1) is 11.3 Å². The first-order valence-corrected chi connectivity index (χ1v) is 8.20. The number of rotatable bonds is 4. The van der Waals surface area contributed by atoms with Gasteiger partial charge in [-0.1, -0.05) is 51.4 Å². The number of benzene rings is 1. The Morgan fingerprint density at radius 2 is 1.95 bits per heavy atom. The predicted octanol–water partition coefficient (Wildman–Crippen LogP) is 5.40. The van der Waals surface area contributed by atoms with Crippen molar-refractivity contribution in [3.05, 3.63) is 56.7 Å². The third kappa shape index (κ3) is 3.63. The molecule has 0 radical (unpaired) electrons. The molecule has 1 heterocycles. The minimum absolute atomic E-state index is 0.202. The first kappa shape index (κ1) is 15.6. The number of hydrogen-bond acceptors (Lipinski definition) is 2. The molecule has 0 amide bonds. The van der Waals surface area contributed by atoms with Crippen LogP contribution >= 0.6 is 22.9 Å². The normalized spacial score (nSPS) is 13.4. The zero-order valence-corrected chi connectivity index (χ0v) is 14.1. The molecule has 1 unspecified atom stereocenters. The molecular weight excluding hydrogens is 286 g/mol. The van der Waals surface area contributed by atoms with Crippen molar-refractivity contribution in [2.75, 3.05) is 6.54 Å². The SMILES string of the molecule is CCNC(c1cccc(Cl)c1)c1ccc(C(C)(C)C)s1. The van der Waals surface area contributed by atoms with Crippen LogP contribution in [0.1, 0.15) is 49.1 Å². The summed E-state index contributed by atoms with van der Waals surface area (Å²) in [6, 6.07) is 12.8. The molecule has 2 aromatic rings. The van der Waals surface area contributed by atoms with E-state index in [1.807, 2.05) is 29.5 Å². The van der Waals surface area contributed by atoms with Gasteiger partial charge in [0.25, 0.3) is 0 Å². The van der Waals surface area contributed by atoms with Gasteiger partial charge in [-0.05, 0) is 41.8 Å². The van der Waals surface area contributed by atoms with Crippen LogP contribution in [0.2, 0.25) is 5.02 Å². The minimum atomic E-state index is 0.202. The van der Waals surface area contributed by atoms with Crippen LogP contribution in [-0.4, -0.2) is 6.54 Å². The van der Waals surface area contributed by atoms with Crippen LogP contribution in [0.15, 0.2) is 36.4 Å². The molecular formula is C17H22ClNS. The Morgan fingerprint density at radius 3 is 2.50 bits per heavy atom. The van der Waals surface area contributed by atoms with Crippen LogP contribution in [0.3, 0.4) is 0 Å². The van der Waals surface area contributed by atoms with Crippen molar-refractivity contribution >= 4 is 22.9 Å². The van der Waals surface area contributed by atoms with Crippen LogP contribution in [0.25, 0.3) is 0 Å². The second kappa shape index (κ2) is 6.30. The average Bonchev–Trinajstić information content (AvgIpc) is 2.85. The molecule has 0 saturated heterocycles. The van der Waals surface area contributed by atoms with Crippen molar-refractivity contribution < 1.29 is 0 Å². The summed E-state index contributed by atoms with van der Waals surface area (Å²) in [5.74, 6) is 0. The van der Waals surface area contributed by atoms with Crippen LogP contribution < -0.4 is 5.32 Å². The highest BCUT2D eigenvalue weighted by Crippen LogP contribution is 2.35. The molecule has 0 aliphatic rings. The summed E-state index contributed by atoms with van der Waals surface area (Å²) in [5, 5.41) is 4.35. The summed E-state index contributed by atoms with van der Waals surface area (Å²) in [6.07, 6.45) is 0. The fourth-order valence-electron chi connectivity index (χ4n) is 2.18. The molecule has 0 aliphatic carbocycles. The van der Waals surface area contributed by atoms with Crippen molar-refractivity contribution in [2.24, 2.45) is 0 Å². The van der Waals surface area contributed by atoms with E-state index < -0.39 is 0 Å². The lowest BCUT2D eigenvalue weighted by atomic mass is 9.95. The molecule has 3 heteroatoms. The van der Waals surface area contributed by atoms with Crippen LogP contribution in [0, 0.1) is 0 Å². The number of nitrogens with one attached hydrogen (secondary N) is 1. The van der Waals surface area contributed by atoms with E-state index in [9.17, 15) is 0 Å². The molecule has 0 spiro atoms. The summed E-state index contributed by atoms with van der Waals surface area (Å²) >= 11 is 8.01. The fourth-order valence-corrected chi connectivity index (χ4v) is 3.55. The predicted molar refractivity (Wildman–Crippen MR) is 90.0 cm³/mol. The summed E-state index contributed by atoms with van der Waals surface area (Å²) in [7, 11) is 0. The van der Waals surface area contributed by atoms with E-state index in [1.54, 1.807) is 0 Å². The highest BCUT2D eigenvalue weighted by molar-refractivity contribution is 7.12. The molecule has 1 nitrogen and oxygen atoms in total. The summed E-state index contributed by atoms with van der Waals surface area (Å²) in [4.78, 5) is 2.76. The summed E-state index contributed by atoms with van der Waals surface area (Å²) < 4.78 is 0. The first-order valence-electron chi connectivity index (χ1n) is 7.01. The zero-order valence-electron chi connectivity index (χ0n) is 12.5. The maximum atomic E-state index is 6.13. The second-order valence-electron chi connectivity index (χ2n) is 6.00. The highest BCUT2D eigenvalue weighted by Gasteiger charge is 2.20. The van der Waals surface area contributed by atoms with Gasteiger partial charge in [0.2, 0.25) is 0 Å². The molecule has 0 aliphatic heterocycles. The largest absolute Gasteiger partial charge is 0.306 e. The van der Waals surface area contributed by atoms with Gasteiger partial charge in [-0.25, -0.2) is 0 Å². The maximum Gasteiger partial charge on any atom is 0.0671 e. The van der Waals surface area contributed by atoms with Crippen LogP contribution in [0.5, 0.6) is 0 Å². The maximum absolute atomic E-state index is 6.13. The monoisotopic (exact) mass is 307 g/mol. The Morgan fingerprint density at radius 1 is 1.20 bits per heavy atom. The molecule has 0 fully saturated rings. The quantitative estimate of drug-likeness (QED) is 0.797. The van der Waals surface area contributed by atoms with Gasteiger partial charge in [0, 0.05) is 14.8 Å². The van der Waals surface area contributed by atoms with E-state index >= 15 is 0 Å². The lowest BCUT2D eigenvalue weighted by Crippen LogP contribution is -2.21. The van der Waals surface area contributed by atoms with Gasteiger partial charge < -0.3 is 5.32 Å². The van der Waals surface area contributed by atoms with Crippen molar-refractivity contribution in [3.8, 4) is 0 Å². The van der Waals surface area contributed by atoms with Crippen molar-refractivity contribution in [1.29, 1.82) is 0 Å². The van der Waals surface area contributed by atoms with E-state index in [4.69, 9.17) is 11.6 Å². The number of thiophene rings is 1. The van der Waals surface area contributed by atoms with E-state index in [2.05, 4.69) is 51.2 Å². The third-order valence-electron chi connectivity index (χ3n) is 3.24. The molecule has 1 atom stereocenters. The van der Waals surface area contributed by atoms with E-state index in [1.165, 1.54) is 15.3 Å². The molecule has 0 saturated carbocycles. The minimum Gasteiger partial charge on any atom is -0.306 e. The smallest absolute Gasteiger partial charge is 0.0671 e. The summed E-state index contributed by atoms with van der Waals surface area (Å²) in [5.41, 5.74) is 1.43. The van der Waals surface area contributed by atoms with Gasteiger partial charge in [-0.2, -0.15) is 0 Å². The molecule has 1 aromatic carbocycles. The van der Waals surface area contributed by atoms with Crippen LogP contribution in [-0.2, 0) is 5.41 Å². The van der Waals surface area contributed by atoms with E-state index in [0.29, 0.717) is 0 Å². The van der Waals surface area contributed by atoms with Gasteiger partial charge in [-0.3, -0.25) is 0 Å². The molecule has 108 valence electrons. The molecule has 2 rings (SSSR count). The number of halogens is 1. The van der Waals surface area contributed by atoms with E-state index in [-0.39, 0.29) is 11.5 Å². The zero-order chi connectivity index (χ0) is 14.8. The Kier molecular flexibility index (Phi) is 4.90. The van der Waals surface area contributed by atoms with Gasteiger partial charge in [0.05, 0.1) is 6.04 Å². The lowest BCUT2D eigenvalue weighted by molar-refractivity contribution is 0.604. The van der Waals surface area contributed by atoms with Gasteiger partial charge in [0.15, 0.2) is 0 Å². The molecule has 20 heavy (non-hydrogen) atoms. The second-order valence-corrected chi connectivity index (χ2v) is 7.55. The Bertz CT molecular complexity index is 568. The topological polar surface area (TPSA) is 12.0 Å². The van der Waals surface area contributed by atoms with Gasteiger partial charge >= 0.3 is 0 Å². The van der Waals surface area contributed by atoms with Crippen LogP contribution in [0.4, 0.5) is 0 Å². The van der Waals surface area contributed by atoms with Crippen molar-refractivity contribution in [2.45, 2.75) is 39.2 Å². The standard InChI is InChI=1S/C17H22ClNS/c1-5-19-16(12-7-6-8-13(18)11-12)14-9-10-15(20-14)17(2,3)4/h6-11,16,19H,5H2,1-4H3. The van der Waals surface area contributed by atoms with Gasteiger partial charge in [0.1, 0.15) is 0 Å². The van der Waals surface area contributed by atoms with Crippen molar-refractivity contribution in [3.63, 3.8) is 0 Å². The number of hydrogen-bond donors (Lipinski definition) is 1. The Hall–Kier alpha value is -0.830. The average molecular weight is 308 g/mol. The molecule has 1 aromatic heterocycles. The highest BCUT2D eigenvalue weighted by atomic mass is 35.5. The lowest BCUT2D eigenvalue weighted by Gasteiger charge is -2.18. The third-order valence-corrected chi connectivity index (χ3v) is 5.05.